The summed E-state index contributed by atoms with van der Waals surface area (Å²) in [5.41, 5.74) is 0.694. The van der Waals surface area contributed by atoms with Gasteiger partial charge in [-0.25, -0.2) is 4.39 Å². The SMILES string of the molecule is COC(=O)CC(C)Nc1ccc(F)c(OC)c1. The van der Waals surface area contributed by atoms with E-state index in [-0.39, 0.29) is 24.2 Å². The first kappa shape index (κ1) is 13.3. The van der Waals surface area contributed by atoms with Crippen molar-refractivity contribution in [3.8, 4) is 5.75 Å². The fraction of sp³-hybridized carbons (Fsp3) is 0.417. The van der Waals surface area contributed by atoms with Gasteiger partial charge in [-0.05, 0) is 19.1 Å². The predicted molar refractivity (Wildman–Crippen MR) is 62.7 cm³/mol. The van der Waals surface area contributed by atoms with Crippen molar-refractivity contribution in [1.29, 1.82) is 0 Å². The number of hydrogen-bond donors (Lipinski definition) is 1. The molecule has 1 N–H and O–H groups in total. The molecule has 0 saturated heterocycles. The quantitative estimate of drug-likeness (QED) is 0.803. The highest BCUT2D eigenvalue weighted by atomic mass is 19.1. The summed E-state index contributed by atoms with van der Waals surface area (Å²) >= 11 is 0. The molecule has 0 amide bonds. The molecule has 1 unspecified atom stereocenters. The normalized spacial score (nSPS) is 11.8. The first-order valence-corrected chi connectivity index (χ1v) is 5.23. The lowest BCUT2D eigenvalue weighted by molar-refractivity contribution is -0.140. The molecular formula is C12H16FNO3. The second-order valence-electron chi connectivity index (χ2n) is 3.67. The number of nitrogens with one attached hydrogen (secondary N) is 1. The summed E-state index contributed by atoms with van der Waals surface area (Å²) in [5, 5.41) is 3.06. The van der Waals surface area contributed by atoms with E-state index in [0.717, 1.165) is 0 Å². The number of ether oxygens (including phenoxy) is 2. The van der Waals surface area contributed by atoms with Crippen molar-refractivity contribution in [2.75, 3.05) is 19.5 Å². The minimum Gasteiger partial charge on any atom is -0.494 e. The summed E-state index contributed by atoms with van der Waals surface area (Å²) in [4.78, 5) is 11.0. The lowest BCUT2D eigenvalue weighted by atomic mass is 10.2. The molecular weight excluding hydrogens is 225 g/mol. The molecule has 1 atom stereocenters. The van der Waals surface area contributed by atoms with E-state index in [1.807, 2.05) is 6.92 Å². The van der Waals surface area contributed by atoms with Gasteiger partial charge in [-0.3, -0.25) is 4.79 Å². The number of esters is 1. The van der Waals surface area contributed by atoms with Gasteiger partial charge in [0.05, 0.1) is 20.6 Å². The summed E-state index contributed by atoms with van der Waals surface area (Å²) in [6.45, 7) is 1.84. The minimum atomic E-state index is -0.418. The van der Waals surface area contributed by atoms with Gasteiger partial charge in [0.25, 0.3) is 0 Å². The highest BCUT2D eigenvalue weighted by Gasteiger charge is 2.10. The second-order valence-corrected chi connectivity index (χ2v) is 3.67. The van der Waals surface area contributed by atoms with Crippen LogP contribution in [0.15, 0.2) is 18.2 Å². The molecule has 0 saturated carbocycles. The summed E-state index contributed by atoms with van der Waals surface area (Å²) in [6, 6.07) is 4.35. The van der Waals surface area contributed by atoms with Gasteiger partial charge in [-0.2, -0.15) is 0 Å². The zero-order chi connectivity index (χ0) is 12.8. The van der Waals surface area contributed by atoms with Gasteiger partial charge in [-0.15, -0.1) is 0 Å². The van der Waals surface area contributed by atoms with E-state index < -0.39 is 5.82 Å². The van der Waals surface area contributed by atoms with Crippen LogP contribution in [-0.2, 0) is 9.53 Å². The molecule has 1 rings (SSSR count). The topological polar surface area (TPSA) is 47.6 Å². The highest BCUT2D eigenvalue weighted by Crippen LogP contribution is 2.22. The Labute approximate surface area is 99.7 Å². The number of carbonyl (C=O) groups excluding carboxylic acids is 1. The average Bonchev–Trinajstić information content (AvgIpc) is 2.31. The molecule has 17 heavy (non-hydrogen) atoms. The van der Waals surface area contributed by atoms with Crippen molar-refractivity contribution < 1.29 is 18.7 Å². The number of anilines is 1. The largest absolute Gasteiger partial charge is 0.494 e. The van der Waals surface area contributed by atoms with Crippen molar-refractivity contribution >= 4 is 11.7 Å². The van der Waals surface area contributed by atoms with Crippen LogP contribution >= 0.6 is 0 Å². The van der Waals surface area contributed by atoms with Gasteiger partial charge in [0, 0.05) is 17.8 Å². The number of benzene rings is 1. The van der Waals surface area contributed by atoms with Crippen molar-refractivity contribution in [2.45, 2.75) is 19.4 Å². The van der Waals surface area contributed by atoms with Crippen LogP contribution in [0.3, 0.4) is 0 Å². The smallest absolute Gasteiger partial charge is 0.307 e. The van der Waals surface area contributed by atoms with Crippen LogP contribution in [0, 0.1) is 5.82 Å². The molecule has 1 aromatic carbocycles. The molecule has 0 bridgehead atoms. The maximum Gasteiger partial charge on any atom is 0.307 e. The van der Waals surface area contributed by atoms with Crippen molar-refractivity contribution in [2.24, 2.45) is 0 Å². The van der Waals surface area contributed by atoms with E-state index in [9.17, 15) is 9.18 Å². The highest BCUT2D eigenvalue weighted by molar-refractivity contribution is 5.70. The molecule has 0 aliphatic rings. The molecule has 0 aliphatic heterocycles. The fourth-order valence-electron chi connectivity index (χ4n) is 1.42. The van der Waals surface area contributed by atoms with Gasteiger partial charge in [0.2, 0.25) is 0 Å². The van der Waals surface area contributed by atoms with Gasteiger partial charge >= 0.3 is 5.97 Å². The standard InChI is InChI=1S/C12H16FNO3/c1-8(6-12(15)17-3)14-9-4-5-10(13)11(7-9)16-2/h4-5,7-8,14H,6H2,1-3H3. The van der Waals surface area contributed by atoms with Gasteiger partial charge in [0.1, 0.15) is 0 Å². The molecule has 0 aliphatic carbocycles. The maximum atomic E-state index is 13.1. The molecule has 0 spiro atoms. The molecule has 0 radical (unpaired) electrons. The molecule has 5 heteroatoms. The first-order chi connectivity index (χ1) is 8.06. The number of carbonyl (C=O) groups is 1. The summed E-state index contributed by atoms with van der Waals surface area (Å²) < 4.78 is 22.6. The van der Waals surface area contributed by atoms with Crippen LogP contribution in [0.25, 0.3) is 0 Å². The lowest BCUT2D eigenvalue weighted by Crippen LogP contribution is -2.20. The number of rotatable bonds is 5. The maximum absolute atomic E-state index is 13.1. The van der Waals surface area contributed by atoms with Crippen molar-refractivity contribution in [3.05, 3.63) is 24.0 Å². The van der Waals surface area contributed by atoms with Crippen molar-refractivity contribution in [1.82, 2.24) is 0 Å². The third kappa shape index (κ3) is 3.94. The Morgan fingerprint density at radius 3 is 2.76 bits per heavy atom. The van der Waals surface area contributed by atoms with Crippen molar-refractivity contribution in [3.63, 3.8) is 0 Å². The molecule has 0 heterocycles. The summed E-state index contributed by atoms with van der Waals surface area (Å²) in [5.74, 6) is -0.544. The first-order valence-electron chi connectivity index (χ1n) is 5.23. The van der Waals surface area contributed by atoms with E-state index >= 15 is 0 Å². The Bertz CT molecular complexity index is 395. The summed E-state index contributed by atoms with van der Waals surface area (Å²) in [7, 11) is 2.75. The van der Waals surface area contributed by atoms with E-state index in [1.165, 1.54) is 20.3 Å². The Hall–Kier alpha value is -1.78. The Balaban J connectivity index is 2.65. The molecule has 0 aromatic heterocycles. The lowest BCUT2D eigenvalue weighted by Gasteiger charge is -2.14. The molecule has 0 fully saturated rings. The van der Waals surface area contributed by atoms with Crippen LogP contribution in [0.1, 0.15) is 13.3 Å². The number of methoxy groups -OCH3 is 2. The monoisotopic (exact) mass is 241 g/mol. The fourth-order valence-corrected chi connectivity index (χ4v) is 1.42. The molecule has 1 aromatic rings. The third-order valence-corrected chi connectivity index (χ3v) is 2.26. The predicted octanol–water partition coefficient (Wildman–Crippen LogP) is 2.20. The Morgan fingerprint density at radius 1 is 1.47 bits per heavy atom. The van der Waals surface area contributed by atoms with Crippen LogP contribution in [0.5, 0.6) is 5.75 Å². The van der Waals surface area contributed by atoms with Gasteiger partial charge < -0.3 is 14.8 Å². The number of halogens is 1. The second kappa shape index (κ2) is 6.08. The third-order valence-electron chi connectivity index (χ3n) is 2.26. The van der Waals surface area contributed by atoms with E-state index in [1.54, 1.807) is 12.1 Å². The zero-order valence-corrected chi connectivity index (χ0v) is 10.1. The number of hydrogen-bond acceptors (Lipinski definition) is 4. The Morgan fingerprint density at radius 2 is 2.18 bits per heavy atom. The molecule has 94 valence electrons. The average molecular weight is 241 g/mol. The van der Waals surface area contributed by atoms with E-state index in [2.05, 4.69) is 10.1 Å². The van der Waals surface area contributed by atoms with Gasteiger partial charge in [-0.1, -0.05) is 0 Å². The van der Waals surface area contributed by atoms with Crippen LogP contribution < -0.4 is 10.1 Å². The van der Waals surface area contributed by atoms with Crippen LogP contribution in [0.4, 0.5) is 10.1 Å². The van der Waals surface area contributed by atoms with Gasteiger partial charge in [0.15, 0.2) is 11.6 Å². The summed E-state index contributed by atoms with van der Waals surface area (Å²) in [6.07, 6.45) is 0.246. The van der Waals surface area contributed by atoms with Crippen LogP contribution in [-0.4, -0.2) is 26.2 Å². The van der Waals surface area contributed by atoms with E-state index in [0.29, 0.717) is 5.69 Å². The van der Waals surface area contributed by atoms with Crippen LogP contribution in [0.2, 0.25) is 0 Å². The molecule has 4 nitrogen and oxygen atoms in total. The Kier molecular flexibility index (Phi) is 4.75. The van der Waals surface area contributed by atoms with E-state index in [4.69, 9.17) is 4.74 Å². The minimum absolute atomic E-state index is 0.0994. The zero-order valence-electron chi connectivity index (χ0n) is 10.1.